The second kappa shape index (κ2) is 41.2. The summed E-state index contributed by atoms with van der Waals surface area (Å²) in [6.07, 6.45) is 47.7. The van der Waals surface area contributed by atoms with Crippen LogP contribution < -0.4 is 0 Å². The molecule has 55 heavy (non-hydrogen) atoms. The minimum absolute atomic E-state index is 0.144. The molecule has 318 valence electrons. The molecule has 4 heteroatoms. The van der Waals surface area contributed by atoms with E-state index in [-0.39, 0.29) is 6.61 Å². The SMILES string of the molecule is CC(C)=CCC/C(C)=C/CC/C(C)=C/CC/C=C(\C)CC/C=C(\C)CCC=C(C)CCC(O)CO.CCCCCCCC/C=C\CCCCCCCC(=O)O. The molecule has 0 saturated carbocycles. The topological polar surface area (TPSA) is 77.8 Å². The lowest BCUT2D eigenvalue weighted by molar-refractivity contribution is -0.137. The van der Waals surface area contributed by atoms with Gasteiger partial charge in [0.2, 0.25) is 0 Å². The fraction of sp³-hybridized carbons (Fsp3) is 0.706. The van der Waals surface area contributed by atoms with Crippen LogP contribution in [0.4, 0.5) is 0 Å². The predicted molar refractivity (Wildman–Crippen MR) is 244 cm³/mol. The summed E-state index contributed by atoms with van der Waals surface area (Å²) in [5.74, 6) is -0.664. The van der Waals surface area contributed by atoms with Crippen LogP contribution in [0.1, 0.15) is 222 Å². The van der Waals surface area contributed by atoms with Gasteiger partial charge in [0.1, 0.15) is 0 Å². The Hall–Kier alpha value is -2.43. The molecular weight excluding hydrogens is 677 g/mol. The first-order chi connectivity index (χ1) is 26.4. The highest BCUT2D eigenvalue weighted by Crippen LogP contribution is 2.16. The molecule has 0 aliphatic rings. The standard InChI is InChI=1S/C33H56O2.C18H34O2/c1-27(2)14-10-17-30(5)20-11-18-28(3)15-8-9-16-29(4)19-12-21-31(6)22-13-23-32(7)24-25-33(35)26-34;1-2-3-4-5-6-7-8-9-10-11-12-13-14-15-16-17-18(19)20/h14-16,20-21,23,33-35H,8-13,17-19,22,24-26H2,1-7H3;9-10H,2-8,11-17H2,1H3,(H,19,20)/b28-15+,29-16+,30-20+,31-21+,32-23?;10-9-. The highest BCUT2D eigenvalue weighted by atomic mass is 16.4. The van der Waals surface area contributed by atoms with Crippen molar-refractivity contribution in [3.05, 3.63) is 82.0 Å². The minimum atomic E-state index is -0.664. The molecule has 1 atom stereocenters. The predicted octanol–water partition coefficient (Wildman–Crippen LogP) is 15.8. The van der Waals surface area contributed by atoms with Crippen molar-refractivity contribution >= 4 is 5.97 Å². The lowest BCUT2D eigenvalue weighted by Crippen LogP contribution is -2.11. The fourth-order valence-corrected chi connectivity index (χ4v) is 6.23. The highest BCUT2D eigenvalue weighted by molar-refractivity contribution is 5.66. The van der Waals surface area contributed by atoms with Gasteiger partial charge in [-0.2, -0.15) is 0 Å². The van der Waals surface area contributed by atoms with E-state index in [4.69, 9.17) is 10.2 Å². The molecule has 0 fully saturated rings. The summed E-state index contributed by atoms with van der Waals surface area (Å²) in [6.45, 7) is 17.6. The van der Waals surface area contributed by atoms with Crippen LogP contribution in [0.3, 0.4) is 0 Å². The van der Waals surface area contributed by atoms with Crippen molar-refractivity contribution in [3.8, 4) is 0 Å². The van der Waals surface area contributed by atoms with Gasteiger partial charge in [-0.15, -0.1) is 0 Å². The molecule has 0 radical (unpaired) electrons. The van der Waals surface area contributed by atoms with E-state index in [2.05, 4.69) is 104 Å². The number of allylic oxidation sites excluding steroid dienone is 14. The molecule has 0 aromatic carbocycles. The van der Waals surface area contributed by atoms with E-state index in [9.17, 15) is 9.90 Å². The van der Waals surface area contributed by atoms with Gasteiger partial charge in [0, 0.05) is 6.42 Å². The van der Waals surface area contributed by atoms with Gasteiger partial charge in [0.05, 0.1) is 12.7 Å². The van der Waals surface area contributed by atoms with Gasteiger partial charge in [-0.25, -0.2) is 0 Å². The van der Waals surface area contributed by atoms with Crippen molar-refractivity contribution in [1.29, 1.82) is 0 Å². The molecule has 0 bridgehead atoms. The first-order valence-corrected chi connectivity index (χ1v) is 22.5. The third-order valence-corrected chi connectivity index (χ3v) is 10.1. The lowest BCUT2D eigenvalue weighted by atomic mass is 10.0. The van der Waals surface area contributed by atoms with E-state index in [0.717, 1.165) is 70.6 Å². The molecule has 0 spiro atoms. The van der Waals surface area contributed by atoms with Crippen LogP contribution in [0.2, 0.25) is 0 Å². The Morgan fingerprint density at radius 3 is 1.22 bits per heavy atom. The van der Waals surface area contributed by atoms with E-state index in [1.807, 2.05) is 0 Å². The van der Waals surface area contributed by atoms with Gasteiger partial charge in [0.25, 0.3) is 0 Å². The van der Waals surface area contributed by atoms with E-state index in [0.29, 0.717) is 12.8 Å². The fourth-order valence-electron chi connectivity index (χ4n) is 6.23. The Morgan fingerprint density at radius 2 is 0.818 bits per heavy atom. The van der Waals surface area contributed by atoms with Crippen molar-refractivity contribution in [2.45, 2.75) is 228 Å². The van der Waals surface area contributed by atoms with E-state index >= 15 is 0 Å². The number of carbonyl (C=O) groups is 1. The number of hydrogen-bond acceptors (Lipinski definition) is 3. The van der Waals surface area contributed by atoms with Crippen LogP contribution >= 0.6 is 0 Å². The smallest absolute Gasteiger partial charge is 0.303 e. The first kappa shape index (κ1) is 54.7. The van der Waals surface area contributed by atoms with Crippen molar-refractivity contribution in [2.24, 2.45) is 0 Å². The quantitative estimate of drug-likeness (QED) is 0.0450. The summed E-state index contributed by atoms with van der Waals surface area (Å²) in [5, 5.41) is 26.8. The number of aliphatic hydroxyl groups is 2. The largest absolute Gasteiger partial charge is 0.481 e. The third-order valence-electron chi connectivity index (χ3n) is 10.1. The zero-order chi connectivity index (χ0) is 41.4. The lowest BCUT2D eigenvalue weighted by Gasteiger charge is -2.07. The summed E-state index contributed by atoms with van der Waals surface area (Å²) in [5.41, 5.74) is 8.69. The Morgan fingerprint density at radius 1 is 0.455 bits per heavy atom. The van der Waals surface area contributed by atoms with Crippen molar-refractivity contribution in [2.75, 3.05) is 6.61 Å². The Balaban J connectivity index is 0. The first-order valence-electron chi connectivity index (χ1n) is 22.5. The second-order valence-electron chi connectivity index (χ2n) is 16.4. The average molecular weight is 767 g/mol. The molecular formula is C51H90O4. The van der Waals surface area contributed by atoms with Gasteiger partial charge in [0.15, 0.2) is 0 Å². The number of aliphatic carboxylic acids is 1. The molecule has 0 rings (SSSR count). The summed E-state index contributed by atoms with van der Waals surface area (Å²) in [6, 6.07) is 0. The molecule has 0 amide bonds. The molecule has 4 nitrogen and oxygen atoms in total. The van der Waals surface area contributed by atoms with E-state index in [1.54, 1.807) is 0 Å². The van der Waals surface area contributed by atoms with Crippen LogP contribution in [-0.2, 0) is 4.79 Å². The monoisotopic (exact) mass is 767 g/mol. The number of carboxylic acids is 1. The van der Waals surface area contributed by atoms with Crippen LogP contribution in [0.25, 0.3) is 0 Å². The maximum absolute atomic E-state index is 10.3. The maximum atomic E-state index is 10.3. The molecule has 0 aliphatic carbocycles. The summed E-state index contributed by atoms with van der Waals surface area (Å²) in [7, 11) is 0. The van der Waals surface area contributed by atoms with Gasteiger partial charge >= 0.3 is 5.97 Å². The number of carboxylic acid groups (broad SMARTS) is 1. The number of rotatable bonds is 34. The van der Waals surface area contributed by atoms with Gasteiger partial charge in [-0.1, -0.05) is 140 Å². The van der Waals surface area contributed by atoms with Crippen LogP contribution in [0.5, 0.6) is 0 Å². The van der Waals surface area contributed by atoms with Crippen LogP contribution in [0.15, 0.2) is 82.0 Å². The van der Waals surface area contributed by atoms with Crippen molar-refractivity contribution < 1.29 is 20.1 Å². The Bertz CT molecular complexity index is 1130. The molecule has 0 aromatic rings. The van der Waals surface area contributed by atoms with Gasteiger partial charge < -0.3 is 15.3 Å². The Kier molecular flexibility index (Phi) is 41.0. The van der Waals surface area contributed by atoms with E-state index in [1.165, 1.54) is 117 Å². The van der Waals surface area contributed by atoms with Crippen LogP contribution in [-0.4, -0.2) is 34.0 Å². The second-order valence-corrected chi connectivity index (χ2v) is 16.4. The average Bonchev–Trinajstić information content (AvgIpc) is 3.14. The normalized spacial score (nSPS) is 13.6. The van der Waals surface area contributed by atoms with Crippen molar-refractivity contribution in [3.63, 3.8) is 0 Å². The third kappa shape index (κ3) is 45.9. The molecule has 1 unspecified atom stereocenters. The summed E-state index contributed by atoms with van der Waals surface area (Å²) >= 11 is 0. The van der Waals surface area contributed by atoms with Crippen LogP contribution in [0, 0.1) is 0 Å². The number of aliphatic hydroxyl groups excluding tert-OH is 2. The highest BCUT2D eigenvalue weighted by Gasteiger charge is 2.02. The molecule has 3 N–H and O–H groups in total. The zero-order valence-electron chi connectivity index (χ0n) is 37.5. The number of hydrogen-bond donors (Lipinski definition) is 3. The molecule has 0 saturated heterocycles. The molecule has 0 aliphatic heterocycles. The zero-order valence-corrected chi connectivity index (χ0v) is 37.5. The van der Waals surface area contributed by atoms with Crippen molar-refractivity contribution in [1.82, 2.24) is 0 Å². The minimum Gasteiger partial charge on any atom is -0.481 e. The molecule has 0 aromatic heterocycles. The van der Waals surface area contributed by atoms with Gasteiger partial charge in [-0.05, 0) is 158 Å². The Labute approximate surface area is 342 Å². The molecule has 0 heterocycles. The van der Waals surface area contributed by atoms with Gasteiger partial charge in [-0.3, -0.25) is 4.79 Å². The summed E-state index contributed by atoms with van der Waals surface area (Å²) < 4.78 is 0. The number of unbranched alkanes of at least 4 members (excludes halogenated alkanes) is 12. The van der Waals surface area contributed by atoms with E-state index < -0.39 is 12.1 Å². The summed E-state index contributed by atoms with van der Waals surface area (Å²) in [4.78, 5) is 10.3. The maximum Gasteiger partial charge on any atom is 0.303 e.